The number of rotatable bonds is 6. The third-order valence-electron chi connectivity index (χ3n) is 3.73. The summed E-state index contributed by atoms with van der Waals surface area (Å²) < 4.78 is 40.0. The molecular weight excluding hydrogens is 365 g/mol. The second kappa shape index (κ2) is 6.81. The fourth-order valence-electron chi connectivity index (χ4n) is 2.21. The molecule has 0 radical (unpaired) electrons. The fourth-order valence-corrected chi connectivity index (χ4v) is 3.51. The maximum atomic E-state index is 13.3. The van der Waals surface area contributed by atoms with Crippen LogP contribution in [0.5, 0.6) is 0 Å². The summed E-state index contributed by atoms with van der Waals surface area (Å²) in [6.45, 7) is 0. The molecule has 26 heavy (non-hydrogen) atoms. The maximum Gasteiger partial charge on any atom is 0.306 e. The Morgan fingerprint density at radius 2 is 1.81 bits per heavy atom. The number of nitro groups is 1. The van der Waals surface area contributed by atoms with E-state index in [1.165, 1.54) is 30.3 Å². The van der Waals surface area contributed by atoms with Crippen molar-refractivity contribution in [1.82, 2.24) is 4.72 Å². The van der Waals surface area contributed by atoms with Crippen molar-refractivity contribution in [3.63, 3.8) is 0 Å². The fraction of sp³-hybridized carbons (Fsp3) is 0.188. The topological polar surface area (TPSA) is 118 Å². The minimum Gasteiger partial charge on any atom is -0.322 e. The Labute approximate surface area is 148 Å². The minimum absolute atomic E-state index is 0.0303. The number of halogens is 1. The van der Waals surface area contributed by atoms with E-state index in [0.29, 0.717) is 0 Å². The van der Waals surface area contributed by atoms with Crippen LogP contribution in [0.15, 0.2) is 47.4 Å². The van der Waals surface area contributed by atoms with Crippen molar-refractivity contribution in [3.8, 4) is 0 Å². The van der Waals surface area contributed by atoms with E-state index in [2.05, 4.69) is 10.0 Å². The molecule has 10 heteroatoms. The first kappa shape index (κ1) is 18.0. The molecule has 0 unspecified atom stereocenters. The number of carbonyl (C=O) groups excluding carboxylic acids is 1. The van der Waals surface area contributed by atoms with Gasteiger partial charge in [-0.15, -0.1) is 0 Å². The molecule has 1 amide bonds. The zero-order chi connectivity index (χ0) is 18.9. The Kier molecular flexibility index (Phi) is 4.70. The number of sulfonamides is 1. The van der Waals surface area contributed by atoms with Gasteiger partial charge in [-0.1, -0.05) is 0 Å². The number of nitrogens with one attached hydrogen (secondary N) is 2. The van der Waals surface area contributed by atoms with E-state index in [9.17, 15) is 27.7 Å². The third-order valence-corrected chi connectivity index (χ3v) is 5.26. The number of benzene rings is 2. The van der Waals surface area contributed by atoms with Gasteiger partial charge in [0, 0.05) is 23.4 Å². The molecular formula is C16H14FN3O5S. The number of nitro benzene ring substituents is 1. The van der Waals surface area contributed by atoms with E-state index in [1.54, 1.807) is 0 Å². The Morgan fingerprint density at radius 3 is 2.38 bits per heavy atom. The lowest BCUT2D eigenvalue weighted by molar-refractivity contribution is -0.387. The lowest BCUT2D eigenvalue weighted by atomic mass is 10.2. The number of carbonyl (C=O) groups is 1. The Hall–Kier alpha value is -2.85. The van der Waals surface area contributed by atoms with E-state index in [0.717, 1.165) is 25.0 Å². The quantitative estimate of drug-likeness (QED) is 0.590. The van der Waals surface area contributed by atoms with E-state index in [-0.39, 0.29) is 22.2 Å². The molecule has 1 aliphatic carbocycles. The molecule has 2 N–H and O–H groups in total. The van der Waals surface area contributed by atoms with Gasteiger partial charge in [-0.3, -0.25) is 14.9 Å². The first-order valence-corrected chi connectivity index (χ1v) is 9.12. The zero-order valence-electron chi connectivity index (χ0n) is 13.3. The highest BCUT2D eigenvalue weighted by Gasteiger charge is 2.28. The lowest BCUT2D eigenvalue weighted by Gasteiger charge is -2.08. The van der Waals surface area contributed by atoms with E-state index in [1.807, 2.05) is 0 Å². The van der Waals surface area contributed by atoms with Gasteiger partial charge in [0.15, 0.2) is 0 Å². The average molecular weight is 379 g/mol. The highest BCUT2D eigenvalue weighted by molar-refractivity contribution is 7.89. The number of amides is 1. The van der Waals surface area contributed by atoms with Crippen LogP contribution in [0.3, 0.4) is 0 Å². The normalized spacial score (nSPS) is 14.0. The summed E-state index contributed by atoms with van der Waals surface area (Å²) in [5.41, 5.74) is -0.548. The van der Waals surface area contributed by atoms with Gasteiger partial charge in [0.1, 0.15) is 0 Å². The molecule has 2 aromatic carbocycles. The molecule has 0 aromatic heterocycles. The Morgan fingerprint density at radius 1 is 1.15 bits per heavy atom. The van der Waals surface area contributed by atoms with Crippen molar-refractivity contribution in [2.24, 2.45) is 0 Å². The molecule has 3 rings (SSSR count). The van der Waals surface area contributed by atoms with E-state index < -0.39 is 32.4 Å². The highest BCUT2D eigenvalue weighted by atomic mass is 32.2. The molecule has 0 bridgehead atoms. The van der Waals surface area contributed by atoms with Gasteiger partial charge in [0.05, 0.1) is 9.82 Å². The predicted molar refractivity (Wildman–Crippen MR) is 90.8 cm³/mol. The SMILES string of the molecule is O=C(Nc1ccc(F)c([N+](=O)[O-])c1)c1ccc(S(=O)(=O)NC2CC2)cc1. The van der Waals surface area contributed by atoms with Gasteiger partial charge < -0.3 is 5.32 Å². The number of hydrogen-bond donors (Lipinski definition) is 2. The van der Waals surface area contributed by atoms with E-state index in [4.69, 9.17) is 0 Å². The van der Waals surface area contributed by atoms with Crippen molar-refractivity contribution in [2.45, 2.75) is 23.8 Å². The number of anilines is 1. The van der Waals surface area contributed by atoms with Crippen LogP contribution < -0.4 is 10.0 Å². The molecule has 136 valence electrons. The summed E-state index contributed by atoms with van der Waals surface area (Å²) in [5.74, 6) is -1.62. The molecule has 8 nitrogen and oxygen atoms in total. The molecule has 0 saturated heterocycles. The number of hydrogen-bond acceptors (Lipinski definition) is 5. The number of nitrogens with zero attached hydrogens (tertiary/aromatic N) is 1. The molecule has 1 saturated carbocycles. The van der Waals surface area contributed by atoms with Gasteiger partial charge >= 0.3 is 5.69 Å². The summed E-state index contributed by atoms with van der Waals surface area (Å²) in [5, 5.41) is 13.1. The maximum absolute atomic E-state index is 13.3. The third kappa shape index (κ3) is 4.03. The monoisotopic (exact) mass is 379 g/mol. The Bertz CT molecular complexity index is 972. The molecule has 1 aliphatic rings. The summed E-state index contributed by atoms with van der Waals surface area (Å²) in [7, 11) is -3.62. The molecule has 0 aliphatic heterocycles. The van der Waals surface area contributed by atoms with Crippen molar-refractivity contribution in [1.29, 1.82) is 0 Å². The summed E-state index contributed by atoms with van der Waals surface area (Å²) in [6.07, 6.45) is 1.62. The second-order valence-corrected chi connectivity index (χ2v) is 7.51. The van der Waals surface area contributed by atoms with Crippen LogP contribution in [-0.4, -0.2) is 25.3 Å². The largest absolute Gasteiger partial charge is 0.322 e. The van der Waals surface area contributed by atoms with Crippen LogP contribution in [0.4, 0.5) is 15.8 Å². The van der Waals surface area contributed by atoms with E-state index >= 15 is 0 Å². The first-order chi connectivity index (χ1) is 12.3. The molecule has 0 atom stereocenters. The van der Waals surface area contributed by atoms with Crippen LogP contribution in [-0.2, 0) is 10.0 Å². The van der Waals surface area contributed by atoms with Crippen molar-refractivity contribution in [3.05, 3.63) is 64.0 Å². The first-order valence-electron chi connectivity index (χ1n) is 7.64. The standard InChI is InChI=1S/C16H14FN3O5S/c17-14-8-5-12(9-15(14)20(22)23)18-16(21)10-1-6-13(7-2-10)26(24,25)19-11-3-4-11/h1-2,5-9,11,19H,3-4H2,(H,18,21). The summed E-state index contributed by atoms with van der Waals surface area (Å²) in [6, 6.07) is 8.21. The van der Waals surface area contributed by atoms with Crippen LogP contribution >= 0.6 is 0 Å². The smallest absolute Gasteiger partial charge is 0.306 e. The average Bonchev–Trinajstić information content (AvgIpc) is 3.39. The zero-order valence-corrected chi connectivity index (χ0v) is 14.1. The van der Waals surface area contributed by atoms with Crippen molar-refractivity contribution >= 4 is 27.3 Å². The molecule has 1 fully saturated rings. The van der Waals surface area contributed by atoms with Crippen molar-refractivity contribution < 1.29 is 22.5 Å². The molecule has 0 heterocycles. The summed E-state index contributed by atoms with van der Waals surface area (Å²) in [4.78, 5) is 22.1. The second-order valence-electron chi connectivity index (χ2n) is 5.80. The molecule has 2 aromatic rings. The van der Waals surface area contributed by atoms with Gasteiger partial charge in [-0.2, -0.15) is 4.39 Å². The molecule has 0 spiro atoms. The Balaban J connectivity index is 1.74. The predicted octanol–water partition coefficient (Wildman–Crippen LogP) is 2.43. The minimum atomic E-state index is -3.62. The van der Waals surface area contributed by atoms with Gasteiger partial charge in [-0.25, -0.2) is 13.1 Å². The summed E-state index contributed by atoms with van der Waals surface area (Å²) >= 11 is 0. The van der Waals surface area contributed by atoms with Gasteiger partial charge in [-0.05, 0) is 49.2 Å². The lowest BCUT2D eigenvalue weighted by Crippen LogP contribution is -2.25. The van der Waals surface area contributed by atoms with Gasteiger partial charge in [0.25, 0.3) is 5.91 Å². The van der Waals surface area contributed by atoms with Crippen LogP contribution in [0.1, 0.15) is 23.2 Å². The highest BCUT2D eigenvalue weighted by Crippen LogP contribution is 2.23. The van der Waals surface area contributed by atoms with Crippen LogP contribution in [0, 0.1) is 15.9 Å². The van der Waals surface area contributed by atoms with Crippen LogP contribution in [0.25, 0.3) is 0 Å². The van der Waals surface area contributed by atoms with Crippen LogP contribution in [0.2, 0.25) is 0 Å². The van der Waals surface area contributed by atoms with Gasteiger partial charge in [0.2, 0.25) is 15.8 Å². The van der Waals surface area contributed by atoms with Crippen molar-refractivity contribution in [2.75, 3.05) is 5.32 Å².